The molecule has 188 valence electrons. The van der Waals surface area contributed by atoms with E-state index in [-0.39, 0.29) is 24.4 Å². The van der Waals surface area contributed by atoms with Crippen molar-refractivity contribution in [1.29, 1.82) is 0 Å². The average molecular weight is 484 g/mol. The first kappa shape index (κ1) is 26.1. The van der Waals surface area contributed by atoms with Crippen LogP contribution in [0, 0.1) is 0 Å². The minimum Gasteiger partial charge on any atom is -0.369 e. The fraction of sp³-hybridized carbons (Fsp3) is 0.312. The van der Waals surface area contributed by atoms with E-state index in [0.29, 0.717) is 19.8 Å². The van der Waals surface area contributed by atoms with Gasteiger partial charge in [-0.2, -0.15) is 0 Å². The lowest BCUT2D eigenvalue weighted by molar-refractivity contribution is -0.196. The molecule has 1 heterocycles. The highest BCUT2D eigenvalue weighted by Gasteiger charge is 2.44. The zero-order valence-electron chi connectivity index (χ0n) is 21.0. The minimum atomic E-state index is -0.249. The van der Waals surface area contributed by atoms with Crippen LogP contribution >= 0.6 is 0 Å². The molecular weight excluding hydrogens is 446 g/mol. The van der Waals surface area contributed by atoms with Crippen LogP contribution < -0.4 is 0 Å². The average Bonchev–Trinajstić information content (AvgIpc) is 2.94. The van der Waals surface area contributed by atoms with Gasteiger partial charge in [-0.25, -0.2) is 0 Å². The number of likely N-dealkylation sites (tertiary alicyclic amines) is 1. The summed E-state index contributed by atoms with van der Waals surface area (Å²) in [6, 6.07) is 30.8. The fourth-order valence-corrected chi connectivity index (χ4v) is 4.71. The van der Waals surface area contributed by atoms with Crippen molar-refractivity contribution in [2.75, 3.05) is 13.1 Å². The summed E-state index contributed by atoms with van der Waals surface area (Å²) in [5.74, 6) is 0. The van der Waals surface area contributed by atoms with Gasteiger partial charge in [-0.05, 0) is 23.1 Å². The number of rotatable bonds is 13. The molecule has 0 amide bonds. The van der Waals surface area contributed by atoms with Crippen LogP contribution in [-0.4, -0.2) is 42.3 Å². The molecule has 4 nitrogen and oxygen atoms in total. The van der Waals surface area contributed by atoms with Crippen LogP contribution in [0.25, 0.3) is 0 Å². The van der Waals surface area contributed by atoms with Gasteiger partial charge in [0, 0.05) is 13.1 Å². The van der Waals surface area contributed by atoms with Gasteiger partial charge in [-0.3, -0.25) is 4.90 Å². The van der Waals surface area contributed by atoms with Gasteiger partial charge >= 0.3 is 0 Å². The SMILES string of the molecule is C=CCCN1C[C@@H](OCc2ccccc2)[C@@H](OCc2ccccc2)[C@H](OCc2ccccc2)[C@@H]1C=C. The Balaban J connectivity index is 1.58. The van der Waals surface area contributed by atoms with Crippen molar-refractivity contribution < 1.29 is 14.2 Å². The number of ether oxygens (including phenoxy) is 3. The third-order valence-electron chi connectivity index (χ3n) is 6.60. The van der Waals surface area contributed by atoms with Gasteiger partial charge in [0.1, 0.15) is 12.2 Å². The van der Waals surface area contributed by atoms with Gasteiger partial charge in [0.15, 0.2) is 0 Å². The van der Waals surface area contributed by atoms with Gasteiger partial charge in [0.2, 0.25) is 0 Å². The van der Waals surface area contributed by atoms with Crippen LogP contribution in [0.3, 0.4) is 0 Å². The van der Waals surface area contributed by atoms with Crippen molar-refractivity contribution in [2.45, 2.75) is 50.6 Å². The third kappa shape index (κ3) is 7.25. The molecule has 0 radical (unpaired) electrons. The Labute approximate surface area is 215 Å². The molecule has 3 aromatic carbocycles. The van der Waals surface area contributed by atoms with E-state index in [1.807, 2.05) is 66.7 Å². The van der Waals surface area contributed by atoms with Crippen LogP contribution in [-0.2, 0) is 34.0 Å². The molecule has 3 aromatic rings. The Morgan fingerprint density at radius 3 is 1.61 bits per heavy atom. The lowest BCUT2D eigenvalue weighted by Gasteiger charge is -2.47. The minimum absolute atomic E-state index is 0.00557. The smallest absolute Gasteiger partial charge is 0.113 e. The van der Waals surface area contributed by atoms with E-state index in [1.54, 1.807) is 0 Å². The van der Waals surface area contributed by atoms with E-state index in [2.05, 4.69) is 54.5 Å². The number of hydrogen-bond donors (Lipinski definition) is 0. The molecule has 0 spiro atoms. The third-order valence-corrected chi connectivity index (χ3v) is 6.60. The number of nitrogens with zero attached hydrogens (tertiary/aromatic N) is 1. The highest BCUT2D eigenvalue weighted by atomic mass is 16.6. The molecule has 0 unspecified atom stereocenters. The molecule has 1 fully saturated rings. The van der Waals surface area contributed by atoms with E-state index in [0.717, 1.165) is 36.2 Å². The molecule has 0 aromatic heterocycles. The summed E-state index contributed by atoms with van der Waals surface area (Å²) in [5.41, 5.74) is 3.40. The van der Waals surface area contributed by atoms with Crippen LogP contribution in [0.1, 0.15) is 23.1 Å². The van der Waals surface area contributed by atoms with Crippen molar-refractivity contribution >= 4 is 0 Å². The number of piperidine rings is 1. The van der Waals surface area contributed by atoms with Crippen LogP contribution in [0.4, 0.5) is 0 Å². The quantitative estimate of drug-likeness (QED) is 0.271. The van der Waals surface area contributed by atoms with Gasteiger partial charge < -0.3 is 14.2 Å². The molecule has 1 aliphatic rings. The second kappa shape index (κ2) is 13.9. The summed E-state index contributed by atoms with van der Waals surface area (Å²) < 4.78 is 19.8. The molecule has 4 heteroatoms. The number of benzene rings is 3. The van der Waals surface area contributed by atoms with Crippen LogP contribution in [0.2, 0.25) is 0 Å². The van der Waals surface area contributed by atoms with E-state index in [1.165, 1.54) is 0 Å². The van der Waals surface area contributed by atoms with E-state index in [9.17, 15) is 0 Å². The maximum absolute atomic E-state index is 6.62. The Kier molecular flexibility index (Phi) is 10.1. The fourth-order valence-electron chi connectivity index (χ4n) is 4.71. The van der Waals surface area contributed by atoms with Crippen molar-refractivity contribution in [2.24, 2.45) is 0 Å². The lowest BCUT2D eigenvalue weighted by Crippen LogP contribution is -2.62. The number of hydrogen-bond acceptors (Lipinski definition) is 4. The van der Waals surface area contributed by atoms with Crippen LogP contribution in [0.15, 0.2) is 116 Å². The molecule has 4 rings (SSSR count). The molecule has 4 atom stereocenters. The first-order valence-corrected chi connectivity index (χ1v) is 12.7. The Hall–Kier alpha value is -3.02. The molecular formula is C32H37NO3. The monoisotopic (exact) mass is 483 g/mol. The highest BCUT2D eigenvalue weighted by molar-refractivity contribution is 5.16. The topological polar surface area (TPSA) is 30.9 Å². The molecule has 0 N–H and O–H groups in total. The molecule has 0 bridgehead atoms. The maximum Gasteiger partial charge on any atom is 0.113 e. The van der Waals surface area contributed by atoms with E-state index < -0.39 is 0 Å². The zero-order chi connectivity index (χ0) is 25.0. The maximum atomic E-state index is 6.62. The van der Waals surface area contributed by atoms with Gasteiger partial charge in [0.05, 0.1) is 32.0 Å². The van der Waals surface area contributed by atoms with Gasteiger partial charge in [-0.15, -0.1) is 13.2 Å². The van der Waals surface area contributed by atoms with Gasteiger partial charge in [0.25, 0.3) is 0 Å². The molecule has 0 aliphatic carbocycles. The summed E-state index contributed by atoms with van der Waals surface area (Å²) in [6.07, 6.45) is 4.20. The molecule has 1 aliphatic heterocycles. The highest BCUT2D eigenvalue weighted by Crippen LogP contribution is 2.29. The Morgan fingerprint density at radius 2 is 1.14 bits per heavy atom. The van der Waals surface area contributed by atoms with E-state index >= 15 is 0 Å². The van der Waals surface area contributed by atoms with Crippen molar-refractivity contribution in [3.8, 4) is 0 Å². The summed E-state index contributed by atoms with van der Waals surface area (Å²) in [5, 5.41) is 0. The first-order chi connectivity index (χ1) is 17.8. The summed E-state index contributed by atoms with van der Waals surface area (Å²) in [6.45, 7) is 11.2. The van der Waals surface area contributed by atoms with E-state index in [4.69, 9.17) is 14.2 Å². The second-order valence-corrected chi connectivity index (χ2v) is 9.16. The van der Waals surface area contributed by atoms with Crippen LogP contribution in [0.5, 0.6) is 0 Å². The Morgan fingerprint density at radius 1 is 0.667 bits per heavy atom. The lowest BCUT2D eigenvalue weighted by atomic mass is 9.92. The predicted molar refractivity (Wildman–Crippen MR) is 145 cm³/mol. The predicted octanol–water partition coefficient (Wildman–Crippen LogP) is 6.19. The van der Waals surface area contributed by atoms with Crippen molar-refractivity contribution in [3.05, 3.63) is 133 Å². The molecule has 0 saturated carbocycles. The zero-order valence-corrected chi connectivity index (χ0v) is 21.0. The van der Waals surface area contributed by atoms with Crippen molar-refractivity contribution in [3.63, 3.8) is 0 Å². The standard InChI is InChI=1S/C32H37NO3/c1-3-5-21-33-22-30(34-23-26-15-9-6-10-16-26)32(36-25-28-19-13-8-14-20-28)31(29(33)4-2)35-24-27-17-11-7-12-18-27/h3-4,6-20,29-32H,1-2,5,21-25H2/t29-,30+,31+,32+/m0/s1. The van der Waals surface area contributed by atoms with Gasteiger partial charge in [-0.1, -0.05) is 103 Å². The second-order valence-electron chi connectivity index (χ2n) is 9.16. The summed E-state index contributed by atoms with van der Waals surface area (Å²) >= 11 is 0. The van der Waals surface area contributed by atoms with Crippen molar-refractivity contribution in [1.82, 2.24) is 4.90 Å². The normalized spacial score (nSPS) is 22.2. The first-order valence-electron chi connectivity index (χ1n) is 12.7. The largest absolute Gasteiger partial charge is 0.369 e. The summed E-state index contributed by atoms with van der Waals surface area (Å²) in [4.78, 5) is 2.39. The molecule has 1 saturated heterocycles. The molecule has 36 heavy (non-hydrogen) atoms. The summed E-state index contributed by atoms with van der Waals surface area (Å²) in [7, 11) is 0. The Bertz CT molecular complexity index is 1040.